The first-order valence-corrected chi connectivity index (χ1v) is 9.87. The Balaban J connectivity index is 1.65. The third-order valence-electron chi connectivity index (χ3n) is 4.86. The molecule has 31 heavy (non-hydrogen) atoms. The van der Waals surface area contributed by atoms with Crippen molar-refractivity contribution >= 4 is 11.6 Å². The number of benzene rings is 2. The lowest BCUT2D eigenvalue weighted by molar-refractivity contribution is 0.294. The molecule has 4 rings (SSSR count). The highest BCUT2D eigenvalue weighted by Crippen LogP contribution is 2.31. The lowest BCUT2D eigenvalue weighted by Gasteiger charge is -2.15. The minimum Gasteiger partial charge on any atom is -0.496 e. The molecule has 0 bridgehead atoms. The van der Waals surface area contributed by atoms with Gasteiger partial charge in [-0.3, -0.25) is 4.98 Å². The van der Waals surface area contributed by atoms with Crippen molar-refractivity contribution in [1.29, 1.82) is 0 Å². The Bertz CT molecular complexity index is 1300. The van der Waals surface area contributed by atoms with Crippen LogP contribution in [0.25, 0.3) is 16.9 Å². The fraction of sp³-hybridized carbons (Fsp3) is 0.182. The van der Waals surface area contributed by atoms with Crippen LogP contribution in [-0.4, -0.2) is 31.9 Å². The average Bonchev–Trinajstić information content (AvgIpc) is 3.11. The molecular formula is C22H20ClN5O3. The van der Waals surface area contributed by atoms with Gasteiger partial charge >= 0.3 is 5.69 Å². The van der Waals surface area contributed by atoms with Crippen LogP contribution in [0.2, 0.25) is 5.02 Å². The molecule has 4 aromatic rings. The van der Waals surface area contributed by atoms with Gasteiger partial charge in [-0.2, -0.15) is 9.36 Å². The minimum absolute atomic E-state index is 0.174. The van der Waals surface area contributed by atoms with Gasteiger partial charge in [0.15, 0.2) is 0 Å². The normalized spacial score (nSPS) is 10.8. The second-order valence-corrected chi connectivity index (χ2v) is 7.26. The molecule has 0 N–H and O–H groups in total. The van der Waals surface area contributed by atoms with Crippen LogP contribution in [0.4, 0.5) is 0 Å². The van der Waals surface area contributed by atoms with E-state index < -0.39 is 0 Å². The van der Waals surface area contributed by atoms with Crippen molar-refractivity contribution in [2.45, 2.75) is 13.5 Å². The van der Waals surface area contributed by atoms with Gasteiger partial charge in [0, 0.05) is 18.8 Å². The summed E-state index contributed by atoms with van der Waals surface area (Å²) in [5, 5.41) is 8.31. The number of rotatable bonds is 6. The minimum atomic E-state index is -0.359. The first kappa shape index (κ1) is 20.6. The van der Waals surface area contributed by atoms with Crippen LogP contribution in [0.3, 0.4) is 0 Å². The van der Waals surface area contributed by atoms with E-state index in [0.717, 1.165) is 15.8 Å². The number of pyridine rings is 1. The molecule has 8 nitrogen and oxygen atoms in total. The maximum absolute atomic E-state index is 12.4. The number of tetrazole rings is 1. The Labute approximate surface area is 183 Å². The van der Waals surface area contributed by atoms with Crippen LogP contribution in [0.1, 0.15) is 11.1 Å². The summed E-state index contributed by atoms with van der Waals surface area (Å²) in [7, 11) is 3.11. The van der Waals surface area contributed by atoms with Crippen LogP contribution in [0.5, 0.6) is 11.5 Å². The molecule has 0 saturated heterocycles. The summed E-state index contributed by atoms with van der Waals surface area (Å²) in [4.78, 5) is 16.7. The van der Waals surface area contributed by atoms with Crippen LogP contribution in [0, 0.1) is 6.92 Å². The molecule has 2 aromatic carbocycles. The number of hydrogen-bond acceptors (Lipinski definition) is 6. The van der Waals surface area contributed by atoms with E-state index in [9.17, 15) is 4.79 Å². The Morgan fingerprint density at radius 1 is 1.06 bits per heavy atom. The fourth-order valence-electron chi connectivity index (χ4n) is 3.26. The zero-order chi connectivity index (χ0) is 22.0. The molecule has 0 unspecified atom stereocenters. The molecular weight excluding hydrogens is 418 g/mol. The van der Waals surface area contributed by atoms with Gasteiger partial charge in [-0.1, -0.05) is 17.7 Å². The number of hydrogen-bond donors (Lipinski definition) is 0. The van der Waals surface area contributed by atoms with Gasteiger partial charge in [0.25, 0.3) is 0 Å². The molecule has 0 spiro atoms. The van der Waals surface area contributed by atoms with Crippen molar-refractivity contribution in [2.75, 3.05) is 7.11 Å². The van der Waals surface area contributed by atoms with Crippen LogP contribution in [0.15, 0.2) is 59.5 Å². The van der Waals surface area contributed by atoms with Gasteiger partial charge in [0.2, 0.25) is 0 Å². The number of halogens is 1. The largest absolute Gasteiger partial charge is 0.496 e. The van der Waals surface area contributed by atoms with E-state index in [2.05, 4.69) is 15.4 Å². The fourth-order valence-corrected chi connectivity index (χ4v) is 3.49. The standard InChI is InChI=1S/C22H20ClN5O3/c1-14-12-15(21-17(23)6-5-11-24-21)9-10-19(14)31-13-16-18(7-4-8-20(16)30-3)28-22(29)27(2)25-26-28/h4-12H,13H2,1-3H3. The number of nitrogens with zero attached hydrogens (tertiary/aromatic N) is 5. The number of ether oxygens (including phenoxy) is 2. The molecule has 9 heteroatoms. The van der Waals surface area contributed by atoms with Crippen molar-refractivity contribution < 1.29 is 9.47 Å². The molecule has 0 aliphatic heterocycles. The van der Waals surface area contributed by atoms with Gasteiger partial charge in [0.05, 0.1) is 29.1 Å². The van der Waals surface area contributed by atoms with Gasteiger partial charge in [0.1, 0.15) is 18.1 Å². The maximum atomic E-state index is 12.4. The molecule has 0 aliphatic carbocycles. The lowest BCUT2D eigenvalue weighted by atomic mass is 10.1. The van der Waals surface area contributed by atoms with Crippen LogP contribution in [-0.2, 0) is 13.7 Å². The molecule has 158 valence electrons. The average molecular weight is 438 g/mol. The summed E-state index contributed by atoms with van der Waals surface area (Å²) < 4.78 is 14.0. The Morgan fingerprint density at radius 3 is 2.58 bits per heavy atom. The van der Waals surface area contributed by atoms with E-state index in [1.807, 2.05) is 31.2 Å². The number of methoxy groups -OCH3 is 1. The second-order valence-electron chi connectivity index (χ2n) is 6.86. The maximum Gasteiger partial charge on any atom is 0.368 e. The zero-order valence-corrected chi connectivity index (χ0v) is 18.0. The first-order valence-electron chi connectivity index (χ1n) is 9.49. The van der Waals surface area contributed by atoms with Gasteiger partial charge < -0.3 is 9.47 Å². The Kier molecular flexibility index (Phi) is 5.73. The molecule has 0 aliphatic rings. The van der Waals surface area contributed by atoms with Crippen molar-refractivity contribution in [2.24, 2.45) is 7.05 Å². The van der Waals surface area contributed by atoms with E-state index in [-0.39, 0.29) is 12.3 Å². The van der Waals surface area contributed by atoms with Crippen molar-refractivity contribution in [3.8, 4) is 28.4 Å². The lowest BCUT2D eigenvalue weighted by Crippen LogP contribution is -2.23. The summed E-state index contributed by atoms with van der Waals surface area (Å²) >= 11 is 6.27. The highest BCUT2D eigenvalue weighted by molar-refractivity contribution is 6.33. The van der Waals surface area contributed by atoms with E-state index in [4.69, 9.17) is 21.1 Å². The first-order chi connectivity index (χ1) is 15.0. The monoisotopic (exact) mass is 437 g/mol. The van der Waals surface area contributed by atoms with E-state index >= 15 is 0 Å². The summed E-state index contributed by atoms with van der Waals surface area (Å²) in [6.45, 7) is 2.12. The highest BCUT2D eigenvalue weighted by atomic mass is 35.5. The molecule has 0 amide bonds. The summed E-state index contributed by atoms with van der Waals surface area (Å²) in [5.74, 6) is 1.28. The predicted octanol–water partition coefficient (Wildman–Crippen LogP) is 3.58. The van der Waals surface area contributed by atoms with Gasteiger partial charge in [-0.05, 0) is 65.4 Å². The molecule has 0 fully saturated rings. The van der Waals surface area contributed by atoms with Crippen LogP contribution >= 0.6 is 11.6 Å². The number of aryl methyl sites for hydroxylation is 2. The molecule has 0 atom stereocenters. The topological polar surface area (TPSA) is 84.1 Å². The predicted molar refractivity (Wildman–Crippen MR) is 117 cm³/mol. The SMILES string of the molecule is COc1cccc(-n2nnn(C)c2=O)c1COc1ccc(-c2ncccc2Cl)cc1C. The van der Waals surface area contributed by atoms with E-state index in [1.165, 1.54) is 4.68 Å². The Morgan fingerprint density at radius 2 is 1.90 bits per heavy atom. The van der Waals surface area contributed by atoms with Crippen molar-refractivity contribution in [1.82, 2.24) is 24.8 Å². The summed E-state index contributed by atoms with van der Waals surface area (Å²) in [6, 6.07) is 14.7. The van der Waals surface area contributed by atoms with E-state index in [1.54, 1.807) is 44.6 Å². The zero-order valence-electron chi connectivity index (χ0n) is 17.2. The van der Waals surface area contributed by atoms with Gasteiger partial charge in [-0.15, -0.1) is 0 Å². The summed E-state index contributed by atoms with van der Waals surface area (Å²) in [6.07, 6.45) is 1.71. The number of aromatic nitrogens is 5. The molecule has 0 saturated carbocycles. The van der Waals surface area contributed by atoms with Crippen molar-refractivity contribution in [3.05, 3.63) is 81.4 Å². The van der Waals surface area contributed by atoms with Crippen LogP contribution < -0.4 is 15.2 Å². The van der Waals surface area contributed by atoms with E-state index in [0.29, 0.717) is 33.5 Å². The third kappa shape index (κ3) is 4.02. The third-order valence-corrected chi connectivity index (χ3v) is 5.16. The Hall–Kier alpha value is -3.65. The highest BCUT2D eigenvalue weighted by Gasteiger charge is 2.16. The van der Waals surface area contributed by atoms with Gasteiger partial charge in [-0.25, -0.2) is 4.79 Å². The molecule has 0 radical (unpaired) electrons. The molecule has 2 heterocycles. The summed E-state index contributed by atoms with van der Waals surface area (Å²) in [5.41, 5.74) is 3.41. The molecule has 2 aromatic heterocycles. The second kappa shape index (κ2) is 8.61. The smallest absolute Gasteiger partial charge is 0.368 e. The quantitative estimate of drug-likeness (QED) is 0.458. The van der Waals surface area contributed by atoms with Crippen molar-refractivity contribution in [3.63, 3.8) is 0 Å².